The summed E-state index contributed by atoms with van der Waals surface area (Å²) in [5, 5.41) is 2.37. The van der Waals surface area contributed by atoms with Gasteiger partial charge in [-0.2, -0.15) is 0 Å². The predicted octanol–water partition coefficient (Wildman–Crippen LogP) is 4.93. The van der Waals surface area contributed by atoms with E-state index in [-0.39, 0.29) is 0 Å². The fourth-order valence-electron chi connectivity index (χ4n) is 1.23. The number of nitrogens with two attached hydrogens (primary N) is 1. The fraction of sp³-hybridized carbons (Fsp3) is 0.455. The van der Waals surface area contributed by atoms with Crippen molar-refractivity contribution < 1.29 is 30.5 Å². The van der Waals surface area contributed by atoms with E-state index >= 15 is 0 Å². The number of rotatable bonds is 5. The van der Waals surface area contributed by atoms with Crippen molar-refractivity contribution in [3.63, 3.8) is 0 Å². The summed E-state index contributed by atoms with van der Waals surface area (Å²) in [6.07, 6.45) is 2.62. The normalized spacial score (nSPS) is 14.9. The average Bonchev–Trinajstić information content (AvgIpc) is 2.22. The molecule has 1 aromatic rings. The van der Waals surface area contributed by atoms with Crippen LogP contribution < -0.4 is 5.32 Å². The van der Waals surface area contributed by atoms with E-state index in [2.05, 4.69) is 42.6 Å². The Morgan fingerprint density at radius 2 is 1.42 bits per heavy atom. The molecule has 1 rings (SSSR count). The van der Waals surface area contributed by atoms with Gasteiger partial charge in [0, 0.05) is 5.56 Å². The van der Waals surface area contributed by atoms with E-state index in [0.29, 0.717) is 0 Å². The number of unbranched alkanes of at least 4 members (excludes halogenated alkanes) is 1. The molecule has 0 saturated carbocycles. The molecule has 114 valence electrons. The zero-order valence-corrected chi connectivity index (χ0v) is 11.4. The Kier molecular flexibility index (Phi) is 5.83. The second-order valence-corrected chi connectivity index (χ2v) is 6.00. The van der Waals surface area contributed by atoms with Crippen LogP contribution in [0.25, 0.3) is 0 Å². The third-order valence-corrected chi connectivity index (χ3v) is 1.98. The first-order valence-corrected chi connectivity index (χ1v) is 7.83. The molecule has 2 N–H and O–H groups in total. The van der Waals surface area contributed by atoms with Crippen molar-refractivity contribution in [2.45, 2.75) is 26.3 Å². The van der Waals surface area contributed by atoms with Crippen LogP contribution in [0.1, 0.15) is 25.3 Å². The summed E-state index contributed by atoms with van der Waals surface area (Å²) in [4.78, 5) is 0. The summed E-state index contributed by atoms with van der Waals surface area (Å²) < 4.78 is 59.2. The molecule has 1 aromatic carbocycles. The molecule has 8 heteroatoms. The summed E-state index contributed by atoms with van der Waals surface area (Å²) in [6, 6.07) is 10.6. The van der Waals surface area contributed by atoms with Gasteiger partial charge in [0.2, 0.25) is 0 Å². The van der Waals surface area contributed by atoms with E-state index in [1.807, 2.05) is 0 Å². The fourth-order valence-corrected chi connectivity index (χ4v) is 1.23. The molecule has 0 radical (unpaired) electrons. The van der Waals surface area contributed by atoms with Gasteiger partial charge < -0.3 is 5.32 Å². The summed E-state index contributed by atoms with van der Waals surface area (Å²) in [5.74, 6) is 0. The molecular formula is C11H18F6NP. The van der Waals surface area contributed by atoms with Crippen LogP contribution in [-0.2, 0) is 6.54 Å². The third-order valence-electron chi connectivity index (χ3n) is 1.98. The van der Waals surface area contributed by atoms with Gasteiger partial charge >= 0.3 is 33.0 Å². The van der Waals surface area contributed by atoms with Gasteiger partial charge in [-0.3, -0.25) is 0 Å². The summed E-state index contributed by atoms with van der Waals surface area (Å²) in [6.45, 7) is 4.61. The van der Waals surface area contributed by atoms with Crippen LogP contribution in [0.3, 0.4) is 0 Å². The zero-order valence-electron chi connectivity index (χ0n) is 10.5. The van der Waals surface area contributed by atoms with Crippen molar-refractivity contribution in [3.05, 3.63) is 35.9 Å². The summed E-state index contributed by atoms with van der Waals surface area (Å²) in [7, 11) is -10.7. The van der Waals surface area contributed by atoms with Crippen LogP contribution >= 0.6 is 7.81 Å². The van der Waals surface area contributed by atoms with Gasteiger partial charge in [-0.1, -0.05) is 43.7 Å². The molecule has 0 saturated heterocycles. The van der Waals surface area contributed by atoms with Crippen molar-refractivity contribution in [2.24, 2.45) is 0 Å². The molecule has 0 aliphatic rings. The van der Waals surface area contributed by atoms with Gasteiger partial charge in [0.25, 0.3) is 0 Å². The first kappa shape index (κ1) is 18.2. The monoisotopic (exact) mass is 309 g/mol. The third kappa shape index (κ3) is 22.8. The van der Waals surface area contributed by atoms with Crippen LogP contribution in [-0.4, -0.2) is 6.54 Å². The number of benzene rings is 1. The topological polar surface area (TPSA) is 16.6 Å². The molecule has 0 heterocycles. The van der Waals surface area contributed by atoms with Crippen LogP contribution in [0.15, 0.2) is 30.3 Å². The van der Waals surface area contributed by atoms with Crippen molar-refractivity contribution in [2.75, 3.05) is 6.54 Å². The first-order chi connectivity index (χ1) is 8.38. The van der Waals surface area contributed by atoms with E-state index in [1.54, 1.807) is 0 Å². The standard InChI is InChI=1S/C11H17N.F6P/c1-2-3-9-12-10-11-7-5-4-6-8-11;1-7(2,3,4,5)6/h4-8,12H,2-3,9-10H2,1H3;/q;-1/p+1. The van der Waals surface area contributed by atoms with Gasteiger partial charge in [-0.15, -0.1) is 0 Å². The second kappa shape index (κ2) is 6.09. The Bertz CT molecular complexity index is 349. The number of hydrogen-bond acceptors (Lipinski definition) is 0. The zero-order chi connectivity index (χ0) is 15.1. The Morgan fingerprint density at radius 3 is 1.84 bits per heavy atom. The van der Waals surface area contributed by atoms with E-state index in [9.17, 15) is 25.2 Å². The molecule has 0 fully saturated rings. The summed E-state index contributed by atoms with van der Waals surface area (Å²) in [5.41, 5.74) is 1.42. The minimum atomic E-state index is -10.7. The molecule has 0 aromatic heterocycles. The molecule has 0 atom stereocenters. The number of halogens is 6. The molecule has 0 amide bonds. The number of quaternary nitrogens is 1. The van der Waals surface area contributed by atoms with Crippen LogP contribution in [0.2, 0.25) is 0 Å². The maximum atomic E-state index is 9.87. The van der Waals surface area contributed by atoms with E-state index in [4.69, 9.17) is 0 Å². The van der Waals surface area contributed by atoms with E-state index < -0.39 is 7.81 Å². The molecule has 0 bridgehead atoms. The number of hydrogen-bond donors (Lipinski definition) is 1. The second-order valence-electron chi connectivity index (χ2n) is 4.08. The molecule has 0 unspecified atom stereocenters. The van der Waals surface area contributed by atoms with Crippen molar-refractivity contribution in [1.29, 1.82) is 0 Å². The predicted molar refractivity (Wildman–Crippen MR) is 65.4 cm³/mol. The molecule has 0 aliphatic carbocycles. The van der Waals surface area contributed by atoms with Gasteiger partial charge in [0.1, 0.15) is 6.54 Å². The molecule has 0 aliphatic heterocycles. The van der Waals surface area contributed by atoms with Crippen molar-refractivity contribution in [1.82, 2.24) is 0 Å². The van der Waals surface area contributed by atoms with Gasteiger partial charge in [0.15, 0.2) is 0 Å². The van der Waals surface area contributed by atoms with E-state index in [0.717, 1.165) is 6.54 Å². The Morgan fingerprint density at radius 1 is 0.947 bits per heavy atom. The molecule has 0 spiro atoms. The summed E-state index contributed by atoms with van der Waals surface area (Å²) >= 11 is 0. The van der Waals surface area contributed by atoms with Crippen LogP contribution in [0, 0.1) is 0 Å². The van der Waals surface area contributed by atoms with Crippen molar-refractivity contribution >= 4 is 7.81 Å². The van der Waals surface area contributed by atoms with Crippen molar-refractivity contribution in [3.8, 4) is 0 Å². The van der Waals surface area contributed by atoms with Gasteiger partial charge in [0.05, 0.1) is 6.54 Å². The minimum absolute atomic E-state index is 1.13. The Hall–Kier alpha value is -0.810. The first-order valence-electron chi connectivity index (χ1n) is 5.80. The SMILES string of the molecule is CCCC[NH2+]Cc1ccccc1.F[P-](F)(F)(F)(F)F. The molecule has 19 heavy (non-hydrogen) atoms. The van der Waals surface area contributed by atoms with E-state index in [1.165, 1.54) is 24.9 Å². The van der Waals surface area contributed by atoms with Gasteiger partial charge in [-0.05, 0) is 6.42 Å². The Balaban J connectivity index is 0.000000399. The Labute approximate surface area is 108 Å². The average molecular weight is 309 g/mol. The van der Waals surface area contributed by atoms with Crippen LogP contribution in [0.4, 0.5) is 25.2 Å². The van der Waals surface area contributed by atoms with Gasteiger partial charge in [-0.25, -0.2) is 0 Å². The maximum absolute atomic E-state index is 10.7. The molecule has 1 nitrogen and oxygen atoms in total. The quantitative estimate of drug-likeness (QED) is 0.451. The van der Waals surface area contributed by atoms with Crippen LogP contribution in [0.5, 0.6) is 0 Å². The molecular weight excluding hydrogens is 291 g/mol.